The van der Waals surface area contributed by atoms with E-state index >= 15 is 0 Å². The highest BCUT2D eigenvalue weighted by Gasteiger charge is 2.28. The van der Waals surface area contributed by atoms with E-state index in [0.29, 0.717) is 37.6 Å². The van der Waals surface area contributed by atoms with Gasteiger partial charge in [0.25, 0.3) is 5.91 Å². The van der Waals surface area contributed by atoms with Gasteiger partial charge in [0.1, 0.15) is 5.75 Å². The lowest BCUT2D eigenvalue weighted by atomic mass is 10.0. The second kappa shape index (κ2) is 8.68. The number of aliphatic carboxylic acids is 1. The SMILES string of the molecule is CCOc1ccccc1C(=O)N1CCC(N(CC)CC(=O)O)CC1. The zero-order valence-electron chi connectivity index (χ0n) is 14.4. The number of para-hydroxylation sites is 1. The molecule has 132 valence electrons. The molecule has 1 heterocycles. The third-order valence-electron chi connectivity index (χ3n) is 4.43. The van der Waals surface area contributed by atoms with E-state index in [1.165, 1.54) is 0 Å². The summed E-state index contributed by atoms with van der Waals surface area (Å²) in [4.78, 5) is 27.5. The van der Waals surface area contributed by atoms with E-state index in [0.717, 1.165) is 12.8 Å². The van der Waals surface area contributed by atoms with Gasteiger partial charge in [-0.25, -0.2) is 0 Å². The molecule has 0 aromatic heterocycles. The molecular weight excluding hydrogens is 308 g/mol. The molecule has 24 heavy (non-hydrogen) atoms. The first kappa shape index (κ1) is 18.3. The maximum Gasteiger partial charge on any atom is 0.317 e. The number of nitrogens with zero attached hydrogens (tertiary/aromatic N) is 2. The van der Waals surface area contributed by atoms with Gasteiger partial charge in [-0.05, 0) is 38.4 Å². The number of ether oxygens (including phenoxy) is 1. The first-order chi connectivity index (χ1) is 11.6. The predicted molar refractivity (Wildman–Crippen MR) is 91.4 cm³/mol. The van der Waals surface area contributed by atoms with Crippen molar-refractivity contribution in [2.75, 3.05) is 32.8 Å². The molecule has 0 unspecified atom stereocenters. The third kappa shape index (κ3) is 4.47. The fourth-order valence-corrected chi connectivity index (χ4v) is 3.20. The van der Waals surface area contributed by atoms with Crippen LogP contribution < -0.4 is 4.74 Å². The Kier molecular flexibility index (Phi) is 6.61. The van der Waals surface area contributed by atoms with E-state index in [1.807, 2.05) is 41.8 Å². The summed E-state index contributed by atoms with van der Waals surface area (Å²) in [5.41, 5.74) is 0.593. The van der Waals surface area contributed by atoms with E-state index in [1.54, 1.807) is 6.07 Å². The number of likely N-dealkylation sites (tertiary alicyclic amines) is 1. The normalized spacial score (nSPS) is 15.5. The molecule has 0 radical (unpaired) electrons. The van der Waals surface area contributed by atoms with E-state index in [4.69, 9.17) is 9.84 Å². The highest BCUT2D eigenvalue weighted by atomic mass is 16.5. The van der Waals surface area contributed by atoms with Crippen LogP contribution in [0.3, 0.4) is 0 Å². The van der Waals surface area contributed by atoms with Gasteiger partial charge in [0.05, 0.1) is 18.7 Å². The number of hydrogen-bond acceptors (Lipinski definition) is 4. The number of piperidine rings is 1. The number of carboxylic acid groups (broad SMARTS) is 1. The fraction of sp³-hybridized carbons (Fsp3) is 0.556. The number of carboxylic acids is 1. The molecule has 1 aliphatic rings. The van der Waals surface area contributed by atoms with Crippen molar-refractivity contribution in [3.63, 3.8) is 0 Å². The van der Waals surface area contributed by atoms with Crippen LogP contribution >= 0.6 is 0 Å². The molecule has 6 nitrogen and oxygen atoms in total. The molecule has 0 bridgehead atoms. The zero-order chi connectivity index (χ0) is 17.5. The van der Waals surface area contributed by atoms with Crippen LogP contribution in [-0.2, 0) is 4.79 Å². The summed E-state index contributed by atoms with van der Waals surface area (Å²) in [6.45, 7) is 6.43. The maximum atomic E-state index is 12.8. The Bertz CT molecular complexity index is 568. The molecular formula is C18H26N2O4. The van der Waals surface area contributed by atoms with Gasteiger partial charge in [-0.3, -0.25) is 14.5 Å². The van der Waals surface area contributed by atoms with Crippen LogP contribution in [0.25, 0.3) is 0 Å². The second-order valence-corrected chi connectivity index (χ2v) is 5.91. The largest absolute Gasteiger partial charge is 0.493 e. The van der Waals surface area contributed by atoms with Crippen molar-refractivity contribution in [3.8, 4) is 5.75 Å². The van der Waals surface area contributed by atoms with Crippen LogP contribution in [0, 0.1) is 0 Å². The standard InChI is InChI=1S/C18H26N2O4/c1-3-19(13-17(21)22)14-9-11-20(12-10-14)18(23)15-7-5-6-8-16(15)24-4-2/h5-8,14H,3-4,9-13H2,1-2H3,(H,21,22). The number of carbonyl (C=O) groups excluding carboxylic acids is 1. The van der Waals surface area contributed by atoms with E-state index in [2.05, 4.69) is 0 Å². The molecule has 6 heteroatoms. The number of likely N-dealkylation sites (N-methyl/N-ethyl adjacent to an activating group) is 1. The highest BCUT2D eigenvalue weighted by Crippen LogP contribution is 2.23. The van der Waals surface area contributed by atoms with Crippen molar-refractivity contribution in [2.24, 2.45) is 0 Å². The van der Waals surface area contributed by atoms with Gasteiger partial charge in [0.2, 0.25) is 0 Å². The van der Waals surface area contributed by atoms with Crippen molar-refractivity contribution in [3.05, 3.63) is 29.8 Å². The minimum absolute atomic E-state index is 0.0150. The average Bonchev–Trinajstić information content (AvgIpc) is 2.60. The smallest absolute Gasteiger partial charge is 0.317 e. The fourth-order valence-electron chi connectivity index (χ4n) is 3.20. The van der Waals surface area contributed by atoms with Crippen molar-refractivity contribution in [1.29, 1.82) is 0 Å². The molecule has 1 N–H and O–H groups in total. The zero-order valence-corrected chi connectivity index (χ0v) is 14.4. The summed E-state index contributed by atoms with van der Waals surface area (Å²) < 4.78 is 5.55. The first-order valence-corrected chi connectivity index (χ1v) is 8.53. The second-order valence-electron chi connectivity index (χ2n) is 5.91. The predicted octanol–water partition coefficient (Wildman–Crippen LogP) is 2.10. The van der Waals surface area contributed by atoms with Gasteiger partial charge in [0.15, 0.2) is 0 Å². The summed E-state index contributed by atoms with van der Waals surface area (Å²) in [6.07, 6.45) is 1.59. The van der Waals surface area contributed by atoms with Crippen molar-refractivity contribution in [1.82, 2.24) is 9.80 Å². The van der Waals surface area contributed by atoms with Crippen molar-refractivity contribution in [2.45, 2.75) is 32.7 Å². The van der Waals surface area contributed by atoms with Gasteiger partial charge in [0, 0.05) is 19.1 Å². The van der Waals surface area contributed by atoms with Crippen LogP contribution in [-0.4, -0.2) is 65.6 Å². The molecule has 2 rings (SSSR count). The number of hydrogen-bond donors (Lipinski definition) is 1. The molecule has 0 aliphatic carbocycles. The number of amides is 1. The summed E-state index contributed by atoms with van der Waals surface area (Å²) >= 11 is 0. The molecule has 1 fully saturated rings. The monoisotopic (exact) mass is 334 g/mol. The van der Waals surface area contributed by atoms with Crippen molar-refractivity contribution < 1.29 is 19.4 Å². The maximum absolute atomic E-state index is 12.8. The lowest BCUT2D eigenvalue weighted by Gasteiger charge is -2.37. The Hall–Kier alpha value is -2.08. The quantitative estimate of drug-likeness (QED) is 0.827. The topological polar surface area (TPSA) is 70.1 Å². The van der Waals surface area contributed by atoms with Gasteiger partial charge in [-0.1, -0.05) is 19.1 Å². The molecule has 0 saturated carbocycles. The van der Waals surface area contributed by atoms with Crippen LogP contribution in [0.1, 0.15) is 37.0 Å². The third-order valence-corrected chi connectivity index (χ3v) is 4.43. The molecule has 0 atom stereocenters. The van der Waals surface area contributed by atoms with Crippen LogP contribution in [0.5, 0.6) is 5.75 Å². The Morgan fingerprint density at radius 1 is 1.25 bits per heavy atom. The first-order valence-electron chi connectivity index (χ1n) is 8.53. The van der Waals surface area contributed by atoms with Gasteiger partial charge in [-0.15, -0.1) is 0 Å². The van der Waals surface area contributed by atoms with Crippen LogP contribution in [0.4, 0.5) is 0 Å². The minimum Gasteiger partial charge on any atom is -0.493 e. The highest BCUT2D eigenvalue weighted by molar-refractivity contribution is 5.97. The lowest BCUT2D eigenvalue weighted by Crippen LogP contribution is -2.48. The van der Waals surface area contributed by atoms with E-state index < -0.39 is 5.97 Å². The molecule has 1 aromatic rings. The summed E-state index contributed by atoms with van der Waals surface area (Å²) in [5, 5.41) is 9.00. The number of benzene rings is 1. The Balaban J connectivity index is 1.99. The molecule has 1 aliphatic heterocycles. The molecule has 1 aromatic carbocycles. The lowest BCUT2D eigenvalue weighted by molar-refractivity contribution is -0.139. The molecule has 1 amide bonds. The van der Waals surface area contributed by atoms with Gasteiger partial charge in [-0.2, -0.15) is 0 Å². The van der Waals surface area contributed by atoms with Crippen LogP contribution in [0.2, 0.25) is 0 Å². The van der Waals surface area contributed by atoms with Crippen LogP contribution in [0.15, 0.2) is 24.3 Å². The summed E-state index contributed by atoms with van der Waals surface area (Å²) in [7, 11) is 0. The van der Waals surface area contributed by atoms with E-state index in [-0.39, 0.29) is 18.5 Å². The average molecular weight is 334 g/mol. The van der Waals surface area contributed by atoms with Crippen molar-refractivity contribution >= 4 is 11.9 Å². The number of carbonyl (C=O) groups is 2. The minimum atomic E-state index is -0.805. The molecule has 0 spiro atoms. The summed E-state index contributed by atoms with van der Waals surface area (Å²) in [5.74, 6) is -0.201. The summed E-state index contributed by atoms with van der Waals surface area (Å²) in [6, 6.07) is 7.53. The molecule has 1 saturated heterocycles. The van der Waals surface area contributed by atoms with Gasteiger partial charge < -0.3 is 14.7 Å². The number of rotatable bonds is 7. The Morgan fingerprint density at radius 3 is 2.50 bits per heavy atom. The van der Waals surface area contributed by atoms with E-state index in [9.17, 15) is 9.59 Å². The van der Waals surface area contributed by atoms with Gasteiger partial charge >= 0.3 is 5.97 Å². The Labute approximate surface area is 143 Å². The Morgan fingerprint density at radius 2 is 1.92 bits per heavy atom.